The molecular weight excluding hydrogens is 418 g/mol. The van der Waals surface area contributed by atoms with E-state index < -0.39 is 9.84 Å². The first-order valence-electron chi connectivity index (χ1n) is 8.17. The van der Waals surface area contributed by atoms with Crippen LogP contribution < -0.4 is 4.74 Å². The number of benzene rings is 2. The van der Waals surface area contributed by atoms with Crippen LogP contribution in [0.15, 0.2) is 57.9 Å². The summed E-state index contributed by atoms with van der Waals surface area (Å²) >= 11 is 3.49. The third-order valence-corrected chi connectivity index (χ3v) is 5.75. The summed E-state index contributed by atoms with van der Waals surface area (Å²) in [7, 11) is -1.42. The van der Waals surface area contributed by atoms with Crippen molar-refractivity contribution in [2.75, 3.05) is 19.9 Å². The SMILES string of the molecule is CN(Cc1ccccc1Br)C(=O)CCCOc1ccc(S(C)(=O)=O)cc1. The third kappa shape index (κ3) is 6.14. The molecule has 0 N–H and O–H groups in total. The second kappa shape index (κ2) is 9.19. The van der Waals surface area contributed by atoms with E-state index in [2.05, 4.69) is 15.9 Å². The van der Waals surface area contributed by atoms with Crippen molar-refractivity contribution in [2.45, 2.75) is 24.3 Å². The van der Waals surface area contributed by atoms with Gasteiger partial charge in [-0.1, -0.05) is 34.1 Å². The Kier molecular flexibility index (Phi) is 7.23. The van der Waals surface area contributed by atoms with Gasteiger partial charge in [0.25, 0.3) is 0 Å². The summed E-state index contributed by atoms with van der Waals surface area (Å²) in [6.45, 7) is 0.945. The highest BCUT2D eigenvalue weighted by Gasteiger charge is 2.11. The Balaban J connectivity index is 1.75. The van der Waals surface area contributed by atoms with Gasteiger partial charge in [-0.05, 0) is 42.3 Å². The van der Waals surface area contributed by atoms with Gasteiger partial charge in [0.15, 0.2) is 9.84 Å². The maximum Gasteiger partial charge on any atom is 0.222 e. The van der Waals surface area contributed by atoms with Crippen molar-refractivity contribution in [2.24, 2.45) is 0 Å². The zero-order valence-electron chi connectivity index (χ0n) is 14.8. The average Bonchev–Trinajstić information content (AvgIpc) is 2.60. The Labute approximate surface area is 163 Å². The molecule has 0 spiro atoms. The Morgan fingerprint density at radius 1 is 1.12 bits per heavy atom. The number of halogens is 1. The summed E-state index contributed by atoms with van der Waals surface area (Å²) in [5, 5.41) is 0. The van der Waals surface area contributed by atoms with Gasteiger partial charge >= 0.3 is 0 Å². The van der Waals surface area contributed by atoms with Crippen LogP contribution in [0, 0.1) is 0 Å². The Morgan fingerprint density at radius 2 is 1.77 bits per heavy atom. The molecule has 0 aliphatic rings. The number of carbonyl (C=O) groups is 1. The van der Waals surface area contributed by atoms with Gasteiger partial charge in [-0.15, -0.1) is 0 Å². The van der Waals surface area contributed by atoms with Crippen LogP contribution in [-0.4, -0.2) is 39.1 Å². The number of hydrogen-bond donors (Lipinski definition) is 0. The number of carbonyl (C=O) groups excluding carboxylic acids is 1. The van der Waals surface area contributed by atoms with E-state index in [0.29, 0.717) is 31.7 Å². The molecule has 0 bridgehead atoms. The molecule has 0 saturated heterocycles. The molecular formula is C19H22BrNO4S. The molecule has 0 aliphatic carbocycles. The second-order valence-electron chi connectivity index (χ2n) is 6.04. The molecule has 0 aromatic heterocycles. The van der Waals surface area contributed by atoms with E-state index in [1.807, 2.05) is 24.3 Å². The molecule has 2 aromatic rings. The van der Waals surface area contributed by atoms with Crippen LogP contribution in [0.2, 0.25) is 0 Å². The quantitative estimate of drug-likeness (QED) is 0.588. The number of nitrogens with zero attached hydrogens (tertiary/aromatic N) is 1. The normalized spacial score (nSPS) is 11.2. The van der Waals surface area contributed by atoms with Crippen LogP contribution in [0.5, 0.6) is 5.75 Å². The van der Waals surface area contributed by atoms with E-state index in [-0.39, 0.29) is 10.8 Å². The maximum absolute atomic E-state index is 12.2. The van der Waals surface area contributed by atoms with Crippen molar-refractivity contribution in [1.29, 1.82) is 0 Å². The van der Waals surface area contributed by atoms with Gasteiger partial charge in [0, 0.05) is 30.7 Å². The highest BCUT2D eigenvalue weighted by atomic mass is 79.9. The molecule has 5 nitrogen and oxygen atoms in total. The van der Waals surface area contributed by atoms with Gasteiger partial charge in [-0.3, -0.25) is 4.79 Å². The molecule has 140 valence electrons. The molecule has 7 heteroatoms. The topological polar surface area (TPSA) is 63.7 Å². The first-order valence-corrected chi connectivity index (χ1v) is 10.9. The fourth-order valence-electron chi connectivity index (χ4n) is 2.36. The van der Waals surface area contributed by atoms with Crippen molar-refractivity contribution >= 4 is 31.7 Å². The van der Waals surface area contributed by atoms with Gasteiger partial charge in [0.2, 0.25) is 5.91 Å². The van der Waals surface area contributed by atoms with Crippen molar-refractivity contribution in [3.8, 4) is 5.75 Å². The molecule has 0 radical (unpaired) electrons. The van der Waals surface area contributed by atoms with Crippen molar-refractivity contribution in [3.05, 3.63) is 58.6 Å². The lowest BCUT2D eigenvalue weighted by molar-refractivity contribution is -0.130. The van der Waals surface area contributed by atoms with E-state index in [4.69, 9.17) is 4.74 Å². The summed E-state index contributed by atoms with van der Waals surface area (Å²) in [6, 6.07) is 14.1. The maximum atomic E-state index is 12.2. The lowest BCUT2D eigenvalue weighted by atomic mass is 10.2. The minimum atomic E-state index is -3.20. The number of hydrogen-bond acceptors (Lipinski definition) is 4. The van der Waals surface area contributed by atoms with Crippen LogP contribution in [0.3, 0.4) is 0 Å². The number of rotatable bonds is 8. The van der Waals surface area contributed by atoms with Gasteiger partial charge in [-0.2, -0.15) is 0 Å². The van der Waals surface area contributed by atoms with Crippen LogP contribution in [0.1, 0.15) is 18.4 Å². The monoisotopic (exact) mass is 439 g/mol. The van der Waals surface area contributed by atoms with E-state index in [0.717, 1.165) is 10.0 Å². The number of ether oxygens (including phenoxy) is 1. The average molecular weight is 440 g/mol. The van der Waals surface area contributed by atoms with Crippen LogP contribution >= 0.6 is 15.9 Å². The predicted octanol–water partition coefficient (Wildman–Crippen LogP) is 3.67. The second-order valence-corrected chi connectivity index (χ2v) is 8.91. The minimum absolute atomic E-state index is 0.0526. The first kappa shape index (κ1) is 20.5. The Morgan fingerprint density at radius 3 is 2.38 bits per heavy atom. The molecule has 2 rings (SSSR count). The zero-order valence-corrected chi connectivity index (χ0v) is 17.2. The molecule has 26 heavy (non-hydrogen) atoms. The van der Waals surface area contributed by atoms with Crippen molar-refractivity contribution < 1.29 is 17.9 Å². The summed E-state index contributed by atoms with van der Waals surface area (Å²) in [5.74, 6) is 0.642. The highest BCUT2D eigenvalue weighted by molar-refractivity contribution is 9.10. The Bertz CT molecular complexity index is 850. The van der Waals surface area contributed by atoms with Crippen LogP contribution in [0.4, 0.5) is 0 Å². The van der Waals surface area contributed by atoms with Gasteiger partial charge in [-0.25, -0.2) is 8.42 Å². The molecule has 2 aromatic carbocycles. The molecule has 0 saturated carbocycles. The lowest BCUT2D eigenvalue weighted by Crippen LogP contribution is -2.26. The predicted molar refractivity (Wildman–Crippen MR) is 105 cm³/mol. The molecule has 0 unspecified atom stereocenters. The van der Waals surface area contributed by atoms with Crippen LogP contribution in [0.25, 0.3) is 0 Å². The van der Waals surface area contributed by atoms with E-state index in [1.54, 1.807) is 24.1 Å². The van der Waals surface area contributed by atoms with Gasteiger partial charge in [0.05, 0.1) is 11.5 Å². The molecule has 0 atom stereocenters. The van der Waals surface area contributed by atoms with E-state index in [9.17, 15) is 13.2 Å². The summed E-state index contributed by atoms with van der Waals surface area (Å²) in [5.41, 5.74) is 1.06. The van der Waals surface area contributed by atoms with Gasteiger partial charge < -0.3 is 9.64 Å². The summed E-state index contributed by atoms with van der Waals surface area (Å²) in [6.07, 6.45) is 2.15. The van der Waals surface area contributed by atoms with Crippen molar-refractivity contribution in [1.82, 2.24) is 4.90 Å². The zero-order chi connectivity index (χ0) is 19.2. The Hall–Kier alpha value is -1.86. The number of sulfone groups is 1. The third-order valence-electron chi connectivity index (χ3n) is 3.85. The van der Waals surface area contributed by atoms with Crippen LogP contribution in [-0.2, 0) is 21.2 Å². The lowest BCUT2D eigenvalue weighted by Gasteiger charge is -2.18. The number of amides is 1. The van der Waals surface area contributed by atoms with E-state index >= 15 is 0 Å². The fourth-order valence-corrected chi connectivity index (χ4v) is 3.40. The highest BCUT2D eigenvalue weighted by Crippen LogP contribution is 2.18. The standard InChI is InChI=1S/C19H22BrNO4S/c1-21(14-15-6-3-4-7-18(15)20)19(22)8-5-13-25-16-9-11-17(12-10-16)26(2,23)24/h3-4,6-7,9-12H,5,8,13-14H2,1-2H3. The van der Waals surface area contributed by atoms with Gasteiger partial charge in [0.1, 0.15) is 5.75 Å². The molecule has 0 aliphatic heterocycles. The van der Waals surface area contributed by atoms with E-state index in [1.165, 1.54) is 18.4 Å². The molecule has 0 fully saturated rings. The summed E-state index contributed by atoms with van der Waals surface area (Å²) < 4.78 is 29.4. The molecule has 1 amide bonds. The summed E-state index contributed by atoms with van der Waals surface area (Å²) in [4.78, 5) is 14.2. The smallest absolute Gasteiger partial charge is 0.222 e. The first-order chi connectivity index (χ1) is 12.3. The van der Waals surface area contributed by atoms with Crippen molar-refractivity contribution in [3.63, 3.8) is 0 Å². The largest absolute Gasteiger partial charge is 0.494 e. The fraction of sp³-hybridized carbons (Fsp3) is 0.316. The minimum Gasteiger partial charge on any atom is -0.494 e. The molecule has 0 heterocycles.